The van der Waals surface area contributed by atoms with Crippen LogP contribution in [-0.4, -0.2) is 17.6 Å². The van der Waals surface area contributed by atoms with Crippen LogP contribution in [0, 0.1) is 12.8 Å². The summed E-state index contributed by atoms with van der Waals surface area (Å²) in [5.41, 5.74) is 2.60. The maximum Gasteiger partial charge on any atom is 0.0448 e. The summed E-state index contributed by atoms with van der Waals surface area (Å²) >= 11 is 0. The molecule has 0 bridgehead atoms. The second kappa shape index (κ2) is 6.15. The second-order valence-electron chi connectivity index (χ2n) is 5.18. The predicted octanol–water partition coefficient (Wildman–Crippen LogP) is 3.10. The summed E-state index contributed by atoms with van der Waals surface area (Å²) < 4.78 is 0. The number of hydrogen-bond donors (Lipinski definition) is 1. The lowest BCUT2D eigenvalue weighted by atomic mass is 9.93. The van der Waals surface area contributed by atoms with Crippen LogP contribution in [0.4, 0.5) is 0 Å². The van der Waals surface area contributed by atoms with E-state index in [1.165, 1.54) is 36.9 Å². The van der Waals surface area contributed by atoms with Crippen molar-refractivity contribution in [2.75, 3.05) is 6.54 Å². The fraction of sp³-hybridized carbons (Fsp3) is 0.667. The van der Waals surface area contributed by atoms with Gasteiger partial charge in [-0.15, -0.1) is 0 Å². The van der Waals surface area contributed by atoms with Gasteiger partial charge in [0.2, 0.25) is 0 Å². The molecule has 1 N–H and O–H groups in total. The molecule has 1 aliphatic rings. The second-order valence-corrected chi connectivity index (χ2v) is 5.18. The number of aromatic nitrogens is 1. The molecule has 1 aromatic heterocycles. The third-order valence-corrected chi connectivity index (χ3v) is 3.97. The zero-order valence-electron chi connectivity index (χ0n) is 11.1. The Kier molecular flexibility index (Phi) is 4.55. The molecule has 0 saturated heterocycles. The third-order valence-electron chi connectivity index (χ3n) is 3.97. The first kappa shape index (κ1) is 12.6. The molecular formula is C15H24N2. The van der Waals surface area contributed by atoms with Crippen LogP contribution in [0.5, 0.6) is 0 Å². The molecule has 0 spiro atoms. The van der Waals surface area contributed by atoms with Gasteiger partial charge in [-0.1, -0.05) is 25.8 Å². The lowest BCUT2D eigenvalue weighted by Gasteiger charge is -2.24. The molecule has 94 valence electrons. The van der Waals surface area contributed by atoms with Crippen molar-refractivity contribution in [2.45, 2.75) is 52.0 Å². The highest BCUT2D eigenvalue weighted by atomic mass is 14.9. The highest BCUT2D eigenvalue weighted by molar-refractivity contribution is 5.18. The van der Waals surface area contributed by atoms with Gasteiger partial charge in [0, 0.05) is 24.4 Å². The van der Waals surface area contributed by atoms with Crippen LogP contribution in [0.2, 0.25) is 0 Å². The summed E-state index contributed by atoms with van der Waals surface area (Å²) in [7, 11) is 0. The van der Waals surface area contributed by atoms with Crippen LogP contribution in [0.1, 0.15) is 43.9 Å². The molecule has 1 aromatic rings. The van der Waals surface area contributed by atoms with E-state index in [-0.39, 0.29) is 0 Å². The molecule has 2 heteroatoms. The number of nitrogens with one attached hydrogen (secondary N) is 1. The van der Waals surface area contributed by atoms with Crippen molar-refractivity contribution in [3.8, 4) is 0 Å². The Morgan fingerprint density at radius 1 is 1.41 bits per heavy atom. The van der Waals surface area contributed by atoms with E-state index in [4.69, 9.17) is 0 Å². The van der Waals surface area contributed by atoms with E-state index in [1.807, 2.05) is 12.3 Å². The van der Waals surface area contributed by atoms with Gasteiger partial charge in [0.1, 0.15) is 0 Å². The average Bonchev–Trinajstić information content (AvgIpc) is 2.85. The predicted molar refractivity (Wildman–Crippen MR) is 72.1 cm³/mol. The van der Waals surface area contributed by atoms with Gasteiger partial charge in [-0.2, -0.15) is 0 Å². The number of hydrogen-bond acceptors (Lipinski definition) is 2. The standard InChI is InChI=1S/C15H24N2/c1-3-16-15(13-8-4-5-9-13)11-14-12(2)7-6-10-17-14/h6-7,10,13,15-16H,3-5,8-9,11H2,1-2H3. The highest BCUT2D eigenvalue weighted by Gasteiger charge is 2.25. The van der Waals surface area contributed by atoms with Crippen LogP contribution in [0.3, 0.4) is 0 Å². The Bertz CT molecular complexity index is 343. The number of nitrogens with zero attached hydrogens (tertiary/aromatic N) is 1. The molecule has 1 fully saturated rings. The van der Waals surface area contributed by atoms with Gasteiger partial charge in [-0.05, 0) is 43.9 Å². The largest absolute Gasteiger partial charge is 0.314 e. The zero-order valence-corrected chi connectivity index (χ0v) is 11.1. The number of aryl methyl sites for hydroxylation is 1. The van der Waals surface area contributed by atoms with E-state index < -0.39 is 0 Å². The molecule has 1 unspecified atom stereocenters. The summed E-state index contributed by atoms with van der Waals surface area (Å²) in [5, 5.41) is 3.66. The lowest BCUT2D eigenvalue weighted by molar-refractivity contribution is 0.359. The normalized spacial score (nSPS) is 18.5. The molecule has 17 heavy (non-hydrogen) atoms. The van der Waals surface area contributed by atoms with Crippen LogP contribution in [0.25, 0.3) is 0 Å². The third kappa shape index (κ3) is 3.29. The molecular weight excluding hydrogens is 208 g/mol. The van der Waals surface area contributed by atoms with Crippen LogP contribution in [0.15, 0.2) is 18.3 Å². The van der Waals surface area contributed by atoms with E-state index >= 15 is 0 Å². The first-order valence-electron chi connectivity index (χ1n) is 6.95. The Morgan fingerprint density at radius 2 is 2.18 bits per heavy atom. The van der Waals surface area contributed by atoms with Crippen molar-refractivity contribution in [1.82, 2.24) is 10.3 Å². The van der Waals surface area contributed by atoms with E-state index in [1.54, 1.807) is 0 Å². The van der Waals surface area contributed by atoms with Crippen LogP contribution in [-0.2, 0) is 6.42 Å². The molecule has 2 rings (SSSR count). The van der Waals surface area contributed by atoms with Crippen LogP contribution < -0.4 is 5.32 Å². The van der Waals surface area contributed by atoms with Gasteiger partial charge in [0.25, 0.3) is 0 Å². The highest BCUT2D eigenvalue weighted by Crippen LogP contribution is 2.29. The maximum atomic E-state index is 4.53. The van der Waals surface area contributed by atoms with Gasteiger partial charge in [0.15, 0.2) is 0 Å². The molecule has 0 aliphatic heterocycles. The Labute approximate surface area is 105 Å². The molecule has 0 aromatic carbocycles. The summed E-state index contributed by atoms with van der Waals surface area (Å²) in [6, 6.07) is 4.81. The topological polar surface area (TPSA) is 24.9 Å². The summed E-state index contributed by atoms with van der Waals surface area (Å²) in [5.74, 6) is 0.858. The summed E-state index contributed by atoms with van der Waals surface area (Å²) in [4.78, 5) is 4.53. The SMILES string of the molecule is CCNC(Cc1ncccc1C)C1CCCC1. The van der Waals surface area contributed by atoms with Crippen molar-refractivity contribution in [3.63, 3.8) is 0 Å². The minimum atomic E-state index is 0.621. The van der Waals surface area contributed by atoms with E-state index in [0.717, 1.165) is 18.9 Å². The van der Waals surface area contributed by atoms with Crippen molar-refractivity contribution in [3.05, 3.63) is 29.6 Å². The Hall–Kier alpha value is -0.890. The molecule has 1 heterocycles. The molecule has 1 aliphatic carbocycles. The summed E-state index contributed by atoms with van der Waals surface area (Å²) in [6.45, 7) is 5.43. The van der Waals surface area contributed by atoms with Crippen LogP contribution >= 0.6 is 0 Å². The molecule has 1 atom stereocenters. The van der Waals surface area contributed by atoms with E-state index in [9.17, 15) is 0 Å². The van der Waals surface area contributed by atoms with Crippen molar-refractivity contribution >= 4 is 0 Å². The fourth-order valence-electron chi connectivity index (χ4n) is 2.97. The quantitative estimate of drug-likeness (QED) is 0.844. The monoisotopic (exact) mass is 232 g/mol. The summed E-state index contributed by atoms with van der Waals surface area (Å²) in [6.07, 6.45) is 8.61. The Morgan fingerprint density at radius 3 is 2.82 bits per heavy atom. The van der Waals surface area contributed by atoms with Gasteiger partial charge >= 0.3 is 0 Å². The minimum absolute atomic E-state index is 0.621. The molecule has 1 saturated carbocycles. The van der Waals surface area contributed by atoms with Gasteiger partial charge in [-0.3, -0.25) is 4.98 Å². The van der Waals surface area contributed by atoms with Crippen molar-refractivity contribution < 1.29 is 0 Å². The fourth-order valence-corrected chi connectivity index (χ4v) is 2.97. The molecule has 2 nitrogen and oxygen atoms in total. The zero-order chi connectivity index (χ0) is 12.1. The average molecular weight is 232 g/mol. The maximum absolute atomic E-state index is 4.53. The van der Waals surface area contributed by atoms with E-state index in [2.05, 4.69) is 30.2 Å². The lowest BCUT2D eigenvalue weighted by Crippen LogP contribution is -2.37. The van der Waals surface area contributed by atoms with Gasteiger partial charge < -0.3 is 5.32 Å². The van der Waals surface area contributed by atoms with Gasteiger partial charge in [0.05, 0.1) is 0 Å². The van der Waals surface area contributed by atoms with E-state index in [0.29, 0.717) is 6.04 Å². The van der Waals surface area contributed by atoms with Crippen molar-refractivity contribution in [1.29, 1.82) is 0 Å². The number of rotatable bonds is 5. The van der Waals surface area contributed by atoms with Gasteiger partial charge in [-0.25, -0.2) is 0 Å². The molecule has 0 radical (unpaired) electrons. The number of pyridine rings is 1. The minimum Gasteiger partial charge on any atom is -0.314 e. The molecule has 0 amide bonds. The smallest absolute Gasteiger partial charge is 0.0448 e. The first-order valence-corrected chi connectivity index (χ1v) is 6.95. The Balaban J connectivity index is 2.04. The van der Waals surface area contributed by atoms with Crippen molar-refractivity contribution in [2.24, 2.45) is 5.92 Å². The number of likely N-dealkylation sites (N-methyl/N-ethyl adjacent to an activating group) is 1. The first-order chi connectivity index (χ1) is 8.31.